The summed E-state index contributed by atoms with van der Waals surface area (Å²) < 4.78 is 0. The van der Waals surface area contributed by atoms with E-state index in [9.17, 15) is 0 Å². The normalized spacial score (nSPS) is 9.40. The van der Waals surface area contributed by atoms with Gasteiger partial charge in [-0.2, -0.15) is 0 Å². The van der Waals surface area contributed by atoms with Crippen molar-refractivity contribution in [1.82, 2.24) is 0 Å². The van der Waals surface area contributed by atoms with Gasteiger partial charge in [-0.15, -0.1) is 0 Å². The summed E-state index contributed by atoms with van der Waals surface area (Å²) >= 11 is 0. The summed E-state index contributed by atoms with van der Waals surface area (Å²) in [4.78, 5) is 0. The Hall–Kier alpha value is -1.82. The third-order valence-corrected chi connectivity index (χ3v) is 1.72. The van der Waals surface area contributed by atoms with Crippen molar-refractivity contribution in [3.05, 3.63) is 85.3 Å². The summed E-state index contributed by atoms with van der Waals surface area (Å²) in [6.07, 6.45) is 3.76. The first-order chi connectivity index (χ1) is 7.43. The monoisotopic (exact) mass is 194 g/mol. The van der Waals surface area contributed by atoms with Crippen molar-refractivity contribution in [3.8, 4) is 0 Å². The van der Waals surface area contributed by atoms with E-state index < -0.39 is 0 Å². The van der Waals surface area contributed by atoms with Gasteiger partial charge >= 0.3 is 0 Å². The average Bonchev–Trinajstić information content (AvgIpc) is 2.34. The lowest BCUT2D eigenvalue weighted by Crippen LogP contribution is -1.65. The molecule has 2 aromatic rings. The number of hydrogen-bond acceptors (Lipinski definition) is 0. The van der Waals surface area contributed by atoms with Crippen molar-refractivity contribution >= 4 is 6.08 Å². The standard InChI is InChI=1S/C9H9.C6H5/c1-2-6-9-7-4-3-5-8-9;1-2-4-6-5-3-1/h2-8H,1H2;1-5H/b6-2+;. The molecule has 0 aliphatic heterocycles. The largest absolute Gasteiger partial charge is 0.0836 e. The van der Waals surface area contributed by atoms with Crippen molar-refractivity contribution in [1.29, 1.82) is 0 Å². The van der Waals surface area contributed by atoms with E-state index in [1.54, 1.807) is 6.08 Å². The van der Waals surface area contributed by atoms with Crippen LogP contribution in [0.4, 0.5) is 0 Å². The van der Waals surface area contributed by atoms with Crippen molar-refractivity contribution in [2.45, 2.75) is 0 Å². The van der Waals surface area contributed by atoms with Gasteiger partial charge in [0, 0.05) is 0 Å². The predicted molar refractivity (Wildman–Crippen MR) is 66.1 cm³/mol. The van der Waals surface area contributed by atoms with Crippen molar-refractivity contribution in [2.75, 3.05) is 0 Å². The molecule has 0 heteroatoms. The third kappa shape index (κ3) is 5.48. The molecule has 0 nitrogen and oxygen atoms in total. The molecule has 0 N–H and O–H groups in total. The zero-order chi connectivity index (χ0) is 10.8. The fourth-order valence-corrected chi connectivity index (χ4v) is 1.04. The molecule has 15 heavy (non-hydrogen) atoms. The number of hydrogen-bond donors (Lipinski definition) is 0. The maximum Gasteiger partial charge on any atom is -0.0184 e. The van der Waals surface area contributed by atoms with Crippen LogP contribution in [0.2, 0.25) is 0 Å². The second-order valence-corrected chi connectivity index (χ2v) is 2.89. The SMILES string of the molecule is [CH2]/C=C/c1ccccc1.[c]1ccccc1. The summed E-state index contributed by atoms with van der Waals surface area (Å²) in [5.41, 5.74) is 1.20. The number of benzene rings is 2. The summed E-state index contributed by atoms with van der Waals surface area (Å²) in [6.45, 7) is 3.60. The maximum atomic E-state index is 3.60. The number of rotatable bonds is 1. The molecule has 74 valence electrons. The van der Waals surface area contributed by atoms with Gasteiger partial charge in [0.25, 0.3) is 0 Å². The van der Waals surface area contributed by atoms with Gasteiger partial charge < -0.3 is 0 Å². The van der Waals surface area contributed by atoms with Crippen LogP contribution in [-0.4, -0.2) is 0 Å². The zero-order valence-electron chi connectivity index (χ0n) is 8.64. The molecule has 2 radical (unpaired) electrons. The van der Waals surface area contributed by atoms with Crippen LogP contribution in [-0.2, 0) is 0 Å². The molecule has 0 fully saturated rings. The lowest BCUT2D eigenvalue weighted by molar-refractivity contribution is 1.66. The summed E-state index contributed by atoms with van der Waals surface area (Å²) in [5.74, 6) is 0. The van der Waals surface area contributed by atoms with Gasteiger partial charge in [0.05, 0.1) is 0 Å². The fraction of sp³-hybridized carbons (Fsp3) is 0. The van der Waals surface area contributed by atoms with E-state index in [1.807, 2.05) is 66.7 Å². The molecule has 0 heterocycles. The van der Waals surface area contributed by atoms with Crippen LogP contribution < -0.4 is 0 Å². The van der Waals surface area contributed by atoms with Gasteiger partial charge in [0.1, 0.15) is 0 Å². The number of allylic oxidation sites excluding steroid dienone is 1. The van der Waals surface area contributed by atoms with Gasteiger partial charge in [-0.05, 0) is 18.6 Å². The molecule has 0 amide bonds. The van der Waals surface area contributed by atoms with Crippen molar-refractivity contribution in [3.63, 3.8) is 0 Å². The van der Waals surface area contributed by atoms with E-state index in [-0.39, 0.29) is 0 Å². The Morgan fingerprint density at radius 1 is 0.867 bits per heavy atom. The Balaban J connectivity index is 0.000000162. The quantitative estimate of drug-likeness (QED) is 0.643. The molecule has 0 saturated carbocycles. The highest BCUT2D eigenvalue weighted by Crippen LogP contribution is 1.99. The molecular weight excluding hydrogens is 180 g/mol. The first-order valence-corrected chi connectivity index (χ1v) is 4.85. The highest BCUT2D eigenvalue weighted by Gasteiger charge is 1.77. The van der Waals surface area contributed by atoms with Gasteiger partial charge in [0.15, 0.2) is 0 Å². The molecule has 0 unspecified atom stereocenters. The molecule has 2 rings (SSSR count). The molecule has 0 atom stereocenters. The topological polar surface area (TPSA) is 0 Å². The Labute approximate surface area is 91.9 Å². The van der Waals surface area contributed by atoms with Crippen LogP contribution in [0, 0.1) is 13.0 Å². The minimum atomic E-state index is 1.20. The third-order valence-electron chi connectivity index (χ3n) is 1.72. The molecule has 0 aromatic heterocycles. The van der Waals surface area contributed by atoms with E-state index >= 15 is 0 Å². The van der Waals surface area contributed by atoms with Crippen LogP contribution in [0.5, 0.6) is 0 Å². The molecule has 0 aliphatic rings. The van der Waals surface area contributed by atoms with Crippen LogP contribution in [0.15, 0.2) is 66.7 Å². The average molecular weight is 194 g/mol. The Kier molecular flexibility index (Phi) is 5.68. The van der Waals surface area contributed by atoms with Crippen LogP contribution in [0.1, 0.15) is 5.56 Å². The van der Waals surface area contributed by atoms with Gasteiger partial charge in [-0.3, -0.25) is 0 Å². The molecule has 0 saturated heterocycles. The van der Waals surface area contributed by atoms with E-state index in [2.05, 4.69) is 13.0 Å². The molecule has 0 aliphatic carbocycles. The minimum Gasteiger partial charge on any atom is -0.0836 e. The highest BCUT2D eigenvalue weighted by atomic mass is 13.8. The van der Waals surface area contributed by atoms with Crippen LogP contribution >= 0.6 is 0 Å². The Morgan fingerprint density at radius 3 is 1.87 bits per heavy atom. The molecule has 0 bridgehead atoms. The van der Waals surface area contributed by atoms with Crippen molar-refractivity contribution in [2.24, 2.45) is 0 Å². The van der Waals surface area contributed by atoms with Crippen molar-refractivity contribution < 1.29 is 0 Å². The smallest absolute Gasteiger partial charge is 0.0184 e. The maximum absolute atomic E-state index is 3.60. The lowest BCUT2D eigenvalue weighted by atomic mass is 10.2. The van der Waals surface area contributed by atoms with Gasteiger partial charge in [-0.1, -0.05) is 72.8 Å². The van der Waals surface area contributed by atoms with Gasteiger partial charge in [-0.25, -0.2) is 0 Å². The first kappa shape index (κ1) is 11.3. The molecule has 2 aromatic carbocycles. The summed E-state index contributed by atoms with van der Waals surface area (Å²) in [5, 5.41) is 0. The fourth-order valence-electron chi connectivity index (χ4n) is 1.04. The van der Waals surface area contributed by atoms with Crippen LogP contribution in [0.25, 0.3) is 6.08 Å². The summed E-state index contributed by atoms with van der Waals surface area (Å²) in [7, 11) is 0. The minimum absolute atomic E-state index is 1.20. The van der Waals surface area contributed by atoms with E-state index in [1.165, 1.54) is 5.56 Å². The lowest BCUT2D eigenvalue weighted by Gasteiger charge is -1.86. The Morgan fingerprint density at radius 2 is 1.47 bits per heavy atom. The second-order valence-electron chi connectivity index (χ2n) is 2.89. The highest BCUT2D eigenvalue weighted by molar-refractivity contribution is 5.48. The predicted octanol–water partition coefficient (Wildman–Crippen LogP) is 4.02. The molecule has 0 spiro atoms. The van der Waals surface area contributed by atoms with Crippen LogP contribution in [0.3, 0.4) is 0 Å². The second kappa shape index (κ2) is 7.57. The van der Waals surface area contributed by atoms with E-state index in [0.29, 0.717) is 0 Å². The molecular formula is C15H14. The van der Waals surface area contributed by atoms with Gasteiger partial charge in [0.2, 0.25) is 0 Å². The Bertz CT molecular complexity index is 333. The van der Waals surface area contributed by atoms with E-state index in [0.717, 1.165) is 0 Å². The zero-order valence-corrected chi connectivity index (χ0v) is 8.64. The first-order valence-electron chi connectivity index (χ1n) is 4.85. The van der Waals surface area contributed by atoms with E-state index in [4.69, 9.17) is 0 Å². The summed E-state index contributed by atoms with van der Waals surface area (Å²) in [6, 6.07) is 22.6.